The van der Waals surface area contributed by atoms with E-state index in [4.69, 9.17) is 10.2 Å². The summed E-state index contributed by atoms with van der Waals surface area (Å²) in [4.78, 5) is 21.5. The highest BCUT2D eigenvalue weighted by atomic mass is 16.6. The lowest BCUT2D eigenvalue weighted by molar-refractivity contribution is 0.0652. The maximum absolute atomic E-state index is 10.7. The Labute approximate surface area is 81.9 Å². The summed E-state index contributed by atoms with van der Waals surface area (Å²) < 4.78 is 4.35. The van der Waals surface area contributed by atoms with Crippen molar-refractivity contribution in [2.24, 2.45) is 0 Å². The molecule has 0 aliphatic rings. The van der Waals surface area contributed by atoms with E-state index in [9.17, 15) is 9.59 Å². The van der Waals surface area contributed by atoms with Crippen molar-refractivity contribution in [3.05, 3.63) is 23.3 Å². The molecular weight excluding hydrogens is 204 g/mol. The predicted molar refractivity (Wildman–Crippen MR) is 45.7 cm³/mol. The molecule has 2 rings (SSSR count). The highest BCUT2D eigenvalue weighted by molar-refractivity contribution is 6.04. The van der Waals surface area contributed by atoms with Gasteiger partial charge in [-0.3, -0.25) is 0 Å². The second-order valence-corrected chi connectivity index (χ2v) is 2.76. The van der Waals surface area contributed by atoms with Gasteiger partial charge in [0.15, 0.2) is 0 Å². The molecule has 0 aliphatic heterocycles. The number of benzene rings is 1. The van der Waals surface area contributed by atoms with Crippen LogP contribution in [0.15, 0.2) is 16.8 Å². The lowest BCUT2D eigenvalue weighted by Crippen LogP contribution is -2.07. The fraction of sp³-hybridized carbons (Fsp3) is 0. The first-order chi connectivity index (χ1) is 7.09. The average Bonchev–Trinajstić information content (AvgIpc) is 2.61. The number of aromatic nitrogens is 2. The summed E-state index contributed by atoms with van der Waals surface area (Å²) in [7, 11) is 0. The summed E-state index contributed by atoms with van der Waals surface area (Å²) in [5.41, 5.74) is -0.272. The average molecular weight is 208 g/mol. The summed E-state index contributed by atoms with van der Waals surface area (Å²) in [5.74, 6) is -2.67. The Bertz CT molecular complexity index is 511. The molecule has 0 bridgehead atoms. The highest BCUT2D eigenvalue weighted by Crippen LogP contribution is 2.17. The molecule has 0 radical (unpaired) electrons. The molecule has 1 heterocycles. The van der Waals surface area contributed by atoms with Crippen LogP contribution in [-0.2, 0) is 0 Å². The molecule has 1 aromatic carbocycles. The predicted octanol–water partition coefficient (Wildman–Crippen LogP) is 0.619. The normalized spacial score (nSPS) is 10.4. The second-order valence-electron chi connectivity index (χ2n) is 2.76. The molecule has 0 atom stereocenters. The molecule has 0 unspecified atom stereocenters. The topological polar surface area (TPSA) is 114 Å². The van der Waals surface area contributed by atoms with Gasteiger partial charge in [-0.15, -0.1) is 0 Å². The fourth-order valence-electron chi connectivity index (χ4n) is 1.19. The summed E-state index contributed by atoms with van der Waals surface area (Å²) in [6.45, 7) is 0. The summed E-state index contributed by atoms with van der Waals surface area (Å²) in [6.07, 6.45) is 0. The van der Waals surface area contributed by atoms with Gasteiger partial charge in [0.2, 0.25) is 0 Å². The van der Waals surface area contributed by atoms with Gasteiger partial charge >= 0.3 is 11.9 Å². The van der Waals surface area contributed by atoms with Crippen molar-refractivity contribution in [2.75, 3.05) is 0 Å². The van der Waals surface area contributed by atoms with Crippen LogP contribution in [0.4, 0.5) is 0 Å². The molecule has 0 amide bonds. The molecule has 0 saturated heterocycles. The number of carbonyl (C=O) groups is 2. The number of fused-ring (bicyclic) bond motifs is 1. The zero-order valence-corrected chi connectivity index (χ0v) is 7.17. The van der Waals surface area contributed by atoms with Crippen LogP contribution < -0.4 is 0 Å². The van der Waals surface area contributed by atoms with E-state index >= 15 is 0 Å². The molecule has 0 aliphatic carbocycles. The second kappa shape index (κ2) is 3.05. The van der Waals surface area contributed by atoms with Gasteiger partial charge in [-0.2, -0.15) is 0 Å². The van der Waals surface area contributed by atoms with Crippen molar-refractivity contribution < 1.29 is 24.4 Å². The van der Waals surface area contributed by atoms with Gasteiger partial charge in [0.25, 0.3) is 0 Å². The van der Waals surface area contributed by atoms with E-state index in [1.54, 1.807) is 0 Å². The molecular formula is C8H4N2O5. The molecule has 15 heavy (non-hydrogen) atoms. The number of hydrogen-bond donors (Lipinski definition) is 2. The maximum Gasteiger partial charge on any atom is 0.336 e. The van der Waals surface area contributed by atoms with Crippen molar-refractivity contribution in [3.8, 4) is 0 Å². The van der Waals surface area contributed by atoms with Crippen LogP contribution >= 0.6 is 0 Å². The SMILES string of the molecule is O=C(O)c1cc2nonc2cc1C(=O)O. The van der Waals surface area contributed by atoms with Gasteiger partial charge in [0.1, 0.15) is 11.0 Å². The maximum atomic E-state index is 10.7. The van der Waals surface area contributed by atoms with Gasteiger partial charge in [-0.05, 0) is 22.4 Å². The fourth-order valence-corrected chi connectivity index (χ4v) is 1.19. The third-order valence-electron chi connectivity index (χ3n) is 1.85. The van der Waals surface area contributed by atoms with Crippen molar-refractivity contribution >= 4 is 23.0 Å². The van der Waals surface area contributed by atoms with Crippen molar-refractivity contribution in [1.82, 2.24) is 10.3 Å². The standard InChI is InChI=1S/C8H4N2O5/c11-7(12)3-1-5-6(10-15-9-5)2-4(3)8(13)14/h1-2H,(H,11,12)(H,13,14). The minimum absolute atomic E-state index is 0.206. The Morgan fingerprint density at radius 3 is 1.73 bits per heavy atom. The number of aromatic carboxylic acids is 2. The van der Waals surface area contributed by atoms with Crippen molar-refractivity contribution in [1.29, 1.82) is 0 Å². The van der Waals surface area contributed by atoms with E-state index in [0.717, 1.165) is 12.1 Å². The summed E-state index contributed by atoms with van der Waals surface area (Å²) in [6, 6.07) is 2.22. The molecule has 76 valence electrons. The van der Waals surface area contributed by atoms with E-state index < -0.39 is 11.9 Å². The summed E-state index contributed by atoms with van der Waals surface area (Å²) in [5, 5.41) is 24.4. The number of rotatable bonds is 2. The molecule has 7 heteroatoms. The van der Waals surface area contributed by atoms with Crippen LogP contribution in [0.2, 0.25) is 0 Å². The van der Waals surface area contributed by atoms with Crippen LogP contribution in [0.1, 0.15) is 20.7 Å². The Morgan fingerprint density at radius 1 is 1.00 bits per heavy atom. The Hall–Kier alpha value is -2.44. The van der Waals surface area contributed by atoms with Crippen molar-refractivity contribution in [2.45, 2.75) is 0 Å². The number of carboxylic acid groups (broad SMARTS) is 2. The quantitative estimate of drug-likeness (QED) is 0.743. The van der Waals surface area contributed by atoms with Crippen LogP contribution in [0.3, 0.4) is 0 Å². The van der Waals surface area contributed by atoms with E-state index in [2.05, 4.69) is 14.9 Å². The van der Waals surface area contributed by atoms with E-state index in [0.29, 0.717) is 0 Å². The molecule has 0 spiro atoms. The van der Waals surface area contributed by atoms with Crippen LogP contribution in [-0.4, -0.2) is 32.5 Å². The smallest absolute Gasteiger partial charge is 0.336 e. The lowest BCUT2D eigenvalue weighted by Gasteiger charge is -1.99. The lowest BCUT2D eigenvalue weighted by atomic mass is 10.1. The van der Waals surface area contributed by atoms with Crippen LogP contribution in [0, 0.1) is 0 Å². The molecule has 2 aromatic rings. The number of carboxylic acids is 2. The van der Waals surface area contributed by atoms with Gasteiger partial charge in [0, 0.05) is 0 Å². The monoisotopic (exact) mass is 208 g/mol. The number of hydrogen-bond acceptors (Lipinski definition) is 5. The first-order valence-corrected chi connectivity index (χ1v) is 3.82. The zero-order chi connectivity index (χ0) is 11.0. The number of nitrogens with zero attached hydrogens (tertiary/aromatic N) is 2. The van der Waals surface area contributed by atoms with Gasteiger partial charge < -0.3 is 10.2 Å². The van der Waals surface area contributed by atoms with E-state index in [1.165, 1.54) is 0 Å². The van der Waals surface area contributed by atoms with Gasteiger partial charge in [-0.1, -0.05) is 0 Å². The van der Waals surface area contributed by atoms with Gasteiger partial charge in [0.05, 0.1) is 11.1 Å². The van der Waals surface area contributed by atoms with E-state index in [1.807, 2.05) is 0 Å². The minimum Gasteiger partial charge on any atom is -0.478 e. The Morgan fingerprint density at radius 2 is 1.40 bits per heavy atom. The van der Waals surface area contributed by atoms with Crippen LogP contribution in [0.5, 0.6) is 0 Å². The Balaban J connectivity index is 2.79. The molecule has 7 nitrogen and oxygen atoms in total. The van der Waals surface area contributed by atoms with Crippen LogP contribution in [0.25, 0.3) is 11.0 Å². The third kappa shape index (κ3) is 1.39. The first-order valence-electron chi connectivity index (χ1n) is 3.82. The van der Waals surface area contributed by atoms with Gasteiger partial charge in [-0.25, -0.2) is 14.2 Å². The minimum atomic E-state index is -1.34. The largest absolute Gasteiger partial charge is 0.478 e. The molecule has 0 fully saturated rings. The third-order valence-corrected chi connectivity index (χ3v) is 1.85. The Kier molecular flexibility index (Phi) is 1.86. The molecule has 0 saturated carbocycles. The summed E-state index contributed by atoms with van der Waals surface area (Å²) >= 11 is 0. The molecule has 2 N–H and O–H groups in total. The zero-order valence-electron chi connectivity index (χ0n) is 7.17. The highest BCUT2D eigenvalue weighted by Gasteiger charge is 2.18. The molecule has 1 aromatic heterocycles. The first kappa shape index (κ1) is 9.13. The van der Waals surface area contributed by atoms with E-state index in [-0.39, 0.29) is 22.2 Å². The van der Waals surface area contributed by atoms with Crippen molar-refractivity contribution in [3.63, 3.8) is 0 Å².